The van der Waals surface area contributed by atoms with Gasteiger partial charge in [-0.1, -0.05) is 18.5 Å². The molecule has 0 amide bonds. The largest absolute Gasteiger partial charge is 0.495 e. The molecule has 1 aromatic heterocycles. The molecule has 0 spiro atoms. The van der Waals surface area contributed by atoms with Crippen LogP contribution in [0.25, 0.3) is 10.9 Å². The number of H-pyrrole nitrogens is 1. The Morgan fingerprint density at radius 3 is 2.44 bits per heavy atom. The zero-order valence-corrected chi connectivity index (χ0v) is 11.2. The number of ether oxygens (including phenoxy) is 2. The number of hydrogen-bond donors (Lipinski definition) is 1. The third kappa shape index (κ3) is 1.93. The van der Waals surface area contributed by atoms with Gasteiger partial charge in [0.15, 0.2) is 5.43 Å². The summed E-state index contributed by atoms with van der Waals surface area (Å²) in [5.41, 5.74) is 1.31. The van der Waals surface area contributed by atoms with E-state index in [1.807, 2.05) is 6.92 Å². The van der Waals surface area contributed by atoms with E-state index in [0.717, 1.165) is 12.1 Å². The number of aromatic nitrogens is 1. The molecule has 0 bridgehead atoms. The molecular weight excluding hydrogens is 254 g/mol. The van der Waals surface area contributed by atoms with Crippen molar-refractivity contribution in [2.24, 2.45) is 0 Å². The molecule has 18 heavy (non-hydrogen) atoms. The van der Waals surface area contributed by atoms with Gasteiger partial charge in [-0.2, -0.15) is 0 Å². The molecule has 5 heteroatoms. The van der Waals surface area contributed by atoms with E-state index in [1.54, 1.807) is 19.2 Å². The number of hydrogen-bond acceptors (Lipinski definition) is 3. The first kappa shape index (κ1) is 12.8. The van der Waals surface area contributed by atoms with E-state index >= 15 is 0 Å². The minimum absolute atomic E-state index is 0.136. The predicted molar refractivity (Wildman–Crippen MR) is 72.1 cm³/mol. The van der Waals surface area contributed by atoms with Crippen LogP contribution < -0.4 is 14.9 Å². The molecule has 0 aliphatic rings. The summed E-state index contributed by atoms with van der Waals surface area (Å²) in [7, 11) is 3.04. The summed E-state index contributed by atoms with van der Waals surface area (Å²) < 4.78 is 10.4. The van der Waals surface area contributed by atoms with Crippen LogP contribution in [0.1, 0.15) is 12.6 Å². The fourth-order valence-corrected chi connectivity index (χ4v) is 2.21. The topological polar surface area (TPSA) is 51.3 Å². The van der Waals surface area contributed by atoms with Gasteiger partial charge in [-0.3, -0.25) is 4.79 Å². The van der Waals surface area contributed by atoms with Gasteiger partial charge in [0, 0.05) is 17.8 Å². The quantitative estimate of drug-likeness (QED) is 0.930. The van der Waals surface area contributed by atoms with E-state index in [1.165, 1.54) is 7.11 Å². The number of fused-ring (bicyclic) bond motifs is 1. The third-order valence-electron chi connectivity index (χ3n) is 2.85. The summed E-state index contributed by atoms with van der Waals surface area (Å²) in [5.74, 6) is 0.967. The molecule has 0 atom stereocenters. The highest BCUT2D eigenvalue weighted by Gasteiger charge is 2.15. The average molecular weight is 268 g/mol. The number of rotatable bonds is 3. The standard InChI is InChI=1S/C13H14ClNO3/c1-4-7-5-8(16)11-12(14)9(17-2)6-10(18-3)13(11)15-7/h5-6H,4H2,1-3H3,(H,15,16). The Labute approximate surface area is 109 Å². The molecule has 0 radical (unpaired) electrons. The minimum Gasteiger partial charge on any atom is -0.495 e. The number of aromatic amines is 1. The van der Waals surface area contributed by atoms with Crippen LogP contribution in [0.4, 0.5) is 0 Å². The molecule has 2 rings (SSSR count). The first-order chi connectivity index (χ1) is 8.62. The number of pyridine rings is 1. The molecule has 1 N–H and O–H groups in total. The average Bonchev–Trinajstić information content (AvgIpc) is 2.38. The van der Waals surface area contributed by atoms with Crippen LogP contribution in [0.3, 0.4) is 0 Å². The van der Waals surface area contributed by atoms with Crippen LogP contribution in [0, 0.1) is 0 Å². The zero-order valence-electron chi connectivity index (χ0n) is 10.5. The Balaban J connectivity index is 2.94. The van der Waals surface area contributed by atoms with Crippen molar-refractivity contribution in [3.8, 4) is 11.5 Å². The number of nitrogens with one attached hydrogen (secondary N) is 1. The molecule has 0 aliphatic heterocycles. The summed E-state index contributed by atoms with van der Waals surface area (Å²) in [6, 6.07) is 3.22. The normalized spacial score (nSPS) is 10.7. The van der Waals surface area contributed by atoms with Crippen LogP contribution in [-0.2, 0) is 6.42 Å². The first-order valence-electron chi connectivity index (χ1n) is 5.58. The van der Waals surface area contributed by atoms with Crippen molar-refractivity contribution in [2.75, 3.05) is 14.2 Å². The van der Waals surface area contributed by atoms with Crippen LogP contribution in [0.2, 0.25) is 5.02 Å². The molecule has 0 saturated heterocycles. The van der Waals surface area contributed by atoms with Crippen LogP contribution in [0.5, 0.6) is 11.5 Å². The van der Waals surface area contributed by atoms with E-state index in [0.29, 0.717) is 27.4 Å². The monoisotopic (exact) mass is 267 g/mol. The maximum absolute atomic E-state index is 12.1. The summed E-state index contributed by atoms with van der Waals surface area (Å²) in [4.78, 5) is 15.3. The third-order valence-corrected chi connectivity index (χ3v) is 3.23. The summed E-state index contributed by atoms with van der Waals surface area (Å²) in [6.07, 6.45) is 0.734. The maximum atomic E-state index is 12.1. The Kier molecular flexibility index (Phi) is 3.48. The SMILES string of the molecule is CCc1cc(=O)c2c(Cl)c(OC)cc(OC)c2[nH]1. The van der Waals surface area contributed by atoms with Gasteiger partial charge >= 0.3 is 0 Å². The molecule has 0 aliphatic carbocycles. The van der Waals surface area contributed by atoms with E-state index < -0.39 is 0 Å². The Bertz CT molecular complexity index is 649. The van der Waals surface area contributed by atoms with Gasteiger partial charge in [-0.15, -0.1) is 0 Å². The fourth-order valence-electron chi connectivity index (χ4n) is 1.89. The van der Waals surface area contributed by atoms with Crippen molar-refractivity contribution >= 4 is 22.5 Å². The molecule has 0 unspecified atom stereocenters. The van der Waals surface area contributed by atoms with Crippen molar-refractivity contribution in [3.63, 3.8) is 0 Å². The lowest BCUT2D eigenvalue weighted by atomic mass is 10.1. The minimum atomic E-state index is -0.136. The lowest BCUT2D eigenvalue weighted by Crippen LogP contribution is -2.07. The van der Waals surface area contributed by atoms with E-state index in [2.05, 4.69) is 4.98 Å². The van der Waals surface area contributed by atoms with Gasteiger partial charge in [-0.25, -0.2) is 0 Å². The van der Waals surface area contributed by atoms with Gasteiger partial charge < -0.3 is 14.5 Å². The van der Waals surface area contributed by atoms with Crippen molar-refractivity contribution in [3.05, 3.63) is 33.1 Å². The zero-order chi connectivity index (χ0) is 13.3. The highest BCUT2D eigenvalue weighted by Crippen LogP contribution is 2.36. The van der Waals surface area contributed by atoms with Gasteiger partial charge in [0.25, 0.3) is 0 Å². The van der Waals surface area contributed by atoms with Crippen LogP contribution >= 0.6 is 11.6 Å². The second kappa shape index (κ2) is 4.90. The highest BCUT2D eigenvalue weighted by atomic mass is 35.5. The van der Waals surface area contributed by atoms with E-state index in [9.17, 15) is 4.79 Å². The summed E-state index contributed by atoms with van der Waals surface area (Å²) in [5, 5.41) is 0.697. The van der Waals surface area contributed by atoms with Gasteiger partial charge in [0.1, 0.15) is 11.5 Å². The number of benzene rings is 1. The predicted octanol–water partition coefficient (Wildman–Crippen LogP) is 2.76. The van der Waals surface area contributed by atoms with Crippen molar-refractivity contribution in [1.82, 2.24) is 4.98 Å². The number of halogens is 1. The molecule has 1 aromatic carbocycles. The van der Waals surface area contributed by atoms with Crippen molar-refractivity contribution in [1.29, 1.82) is 0 Å². The lowest BCUT2D eigenvalue weighted by Gasteiger charge is -2.11. The lowest BCUT2D eigenvalue weighted by molar-refractivity contribution is 0.397. The van der Waals surface area contributed by atoms with Crippen molar-refractivity contribution in [2.45, 2.75) is 13.3 Å². The molecular formula is C13H14ClNO3. The summed E-state index contributed by atoms with van der Waals surface area (Å²) in [6.45, 7) is 1.97. The van der Waals surface area contributed by atoms with Gasteiger partial charge in [0.05, 0.1) is 30.1 Å². The van der Waals surface area contributed by atoms with E-state index in [-0.39, 0.29) is 5.43 Å². The Morgan fingerprint density at radius 1 is 1.22 bits per heavy atom. The smallest absolute Gasteiger partial charge is 0.191 e. The Hall–Kier alpha value is -1.68. The molecule has 0 fully saturated rings. The molecule has 0 saturated carbocycles. The molecule has 1 heterocycles. The van der Waals surface area contributed by atoms with Gasteiger partial charge in [0.2, 0.25) is 0 Å². The number of methoxy groups -OCH3 is 2. The Morgan fingerprint density at radius 2 is 1.89 bits per heavy atom. The first-order valence-corrected chi connectivity index (χ1v) is 5.96. The van der Waals surface area contributed by atoms with Crippen molar-refractivity contribution < 1.29 is 9.47 Å². The molecule has 2 aromatic rings. The van der Waals surface area contributed by atoms with Crippen LogP contribution in [0.15, 0.2) is 16.9 Å². The fraction of sp³-hybridized carbons (Fsp3) is 0.308. The maximum Gasteiger partial charge on any atom is 0.191 e. The molecule has 4 nitrogen and oxygen atoms in total. The highest BCUT2D eigenvalue weighted by molar-refractivity contribution is 6.37. The van der Waals surface area contributed by atoms with Crippen LogP contribution in [-0.4, -0.2) is 19.2 Å². The second-order valence-corrected chi connectivity index (χ2v) is 4.24. The van der Waals surface area contributed by atoms with Gasteiger partial charge in [-0.05, 0) is 6.42 Å². The van der Waals surface area contributed by atoms with E-state index in [4.69, 9.17) is 21.1 Å². The molecule has 96 valence electrons. The number of aryl methyl sites for hydroxylation is 1. The summed E-state index contributed by atoms with van der Waals surface area (Å²) >= 11 is 6.17. The second-order valence-electron chi connectivity index (χ2n) is 3.86.